The fourth-order valence-electron chi connectivity index (χ4n) is 4.73. The summed E-state index contributed by atoms with van der Waals surface area (Å²) in [5.74, 6) is -0.685. The number of alkyl carbamates (subject to hydrolysis) is 1. The molecule has 0 radical (unpaired) electrons. The number of ether oxygens (including phenoxy) is 3. The van der Waals surface area contributed by atoms with Gasteiger partial charge in [-0.3, -0.25) is 0 Å². The van der Waals surface area contributed by atoms with Crippen LogP contribution in [0, 0.1) is 5.92 Å². The minimum absolute atomic E-state index is 0.0116. The zero-order chi connectivity index (χ0) is 26.4. The molecule has 1 aliphatic rings. The van der Waals surface area contributed by atoms with Crippen molar-refractivity contribution in [2.24, 2.45) is 5.92 Å². The highest BCUT2D eigenvalue weighted by Gasteiger charge is 2.44. The number of benzene rings is 3. The van der Waals surface area contributed by atoms with Gasteiger partial charge in [0, 0.05) is 22.5 Å². The average molecular weight is 543 g/mol. The average Bonchev–Trinajstić information content (AvgIpc) is 3.20. The molecule has 1 fully saturated rings. The monoisotopic (exact) mass is 541 g/mol. The molecule has 1 amide bonds. The second-order valence-corrected chi connectivity index (χ2v) is 10.7. The quantitative estimate of drug-likeness (QED) is 0.301. The van der Waals surface area contributed by atoms with Gasteiger partial charge in [-0.15, -0.1) is 0 Å². The number of nitrogens with one attached hydrogen (secondary N) is 1. The highest BCUT2D eigenvalue weighted by molar-refractivity contribution is 6.35. The Hall–Kier alpha value is -2.57. The Morgan fingerprint density at radius 1 is 0.946 bits per heavy atom. The van der Waals surface area contributed by atoms with E-state index < -0.39 is 11.9 Å². The molecule has 37 heavy (non-hydrogen) atoms. The number of rotatable bonds is 9. The van der Waals surface area contributed by atoms with Crippen molar-refractivity contribution in [3.8, 4) is 11.1 Å². The van der Waals surface area contributed by atoms with E-state index in [1.165, 1.54) is 0 Å². The van der Waals surface area contributed by atoms with Gasteiger partial charge in [-0.05, 0) is 67.1 Å². The van der Waals surface area contributed by atoms with Gasteiger partial charge in [0.1, 0.15) is 6.61 Å². The fraction of sp³-hybridized carbons (Fsp3) is 0.367. The maximum atomic E-state index is 12.5. The lowest BCUT2D eigenvalue weighted by Crippen LogP contribution is -2.40. The summed E-state index contributed by atoms with van der Waals surface area (Å²) in [5.41, 5.74) is 4.06. The first kappa shape index (κ1) is 27.5. The molecule has 0 unspecified atom stereocenters. The number of halogens is 2. The normalized spacial score (nSPS) is 19.4. The maximum Gasteiger partial charge on any atom is 0.407 e. The van der Waals surface area contributed by atoms with E-state index in [2.05, 4.69) is 36.5 Å². The zero-order valence-electron chi connectivity index (χ0n) is 21.4. The van der Waals surface area contributed by atoms with Crippen molar-refractivity contribution in [2.75, 3.05) is 6.54 Å². The van der Waals surface area contributed by atoms with Gasteiger partial charge in [0.15, 0.2) is 5.79 Å². The third-order valence-electron chi connectivity index (χ3n) is 6.46. The van der Waals surface area contributed by atoms with E-state index in [1.54, 1.807) is 6.07 Å². The van der Waals surface area contributed by atoms with Crippen molar-refractivity contribution in [2.45, 2.75) is 58.2 Å². The second-order valence-electron chi connectivity index (χ2n) is 9.81. The molecule has 3 atom stereocenters. The van der Waals surface area contributed by atoms with Crippen molar-refractivity contribution < 1.29 is 19.0 Å². The van der Waals surface area contributed by atoms with Gasteiger partial charge in [-0.25, -0.2) is 4.79 Å². The van der Waals surface area contributed by atoms with Gasteiger partial charge < -0.3 is 19.5 Å². The van der Waals surface area contributed by atoms with Crippen LogP contribution in [0.25, 0.3) is 11.1 Å². The Kier molecular flexibility index (Phi) is 9.14. The lowest BCUT2D eigenvalue weighted by molar-refractivity contribution is -0.150. The van der Waals surface area contributed by atoms with E-state index in [9.17, 15) is 4.79 Å². The number of carbonyl (C=O) groups excluding carboxylic acids is 1. The molecule has 3 aromatic rings. The van der Waals surface area contributed by atoms with Crippen LogP contribution in [0.2, 0.25) is 10.0 Å². The first-order valence-electron chi connectivity index (χ1n) is 12.6. The third-order valence-corrected chi connectivity index (χ3v) is 6.89. The summed E-state index contributed by atoms with van der Waals surface area (Å²) in [6.45, 7) is 6.57. The minimum atomic E-state index is -0.673. The molecule has 3 aromatic carbocycles. The number of hydrogen-bond donors (Lipinski definition) is 1. The topological polar surface area (TPSA) is 56.8 Å². The Balaban J connectivity index is 1.46. The molecule has 196 valence electrons. The fourth-order valence-corrected chi connectivity index (χ4v) is 5.25. The van der Waals surface area contributed by atoms with E-state index in [-0.39, 0.29) is 24.7 Å². The Labute approximate surface area is 229 Å². The predicted molar refractivity (Wildman–Crippen MR) is 148 cm³/mol. The van der Waals surface area contributed by atoms with E-state index >= 15 is 0 Å². The van der Waals surface area contributed by atoms with Crippen LogP contribution in [0.15, 0.2) is 72.8 Å². The van der Waals surface area contributed by atoms with Crippen molar-refractivity contribution in [1.82, 2.24) is 5.32 Å². The maximum absolute atomic E-state index is 12.5. The first-order valence-corrected chi connectivity index (χ1v) is 13.3. The molecule has 1 N–H and O–H groups in total. The van der Waals surface area contributed by atoms with Crippen molar-refractivity contribution in [3.63, 3.8) is 0 Å². The zero-order valence-corrected chi connectivity index (χ0v) is 22.9. The van der Waals surface area contributed by atoms with Crippen LogP contribution in [-0.2, 0) is 27.2 Å². The third kappa shape index (κ3) is 7.71. The molecule has 1 aliphatic heterocycles. The van der Waals surface area contributed by atoms with E-state index in [0.29, 0.717) is 23.0 Å². The van der Waals surface area contributed by atoms with Gasteiger partial charge in [0.2, 0.25) is 0 Å². The molecule has 1 heterocycles. The van der Waals surface area contributed by atoms with Crippen LogP contribution in [0.1, 0.15) is 38.3 Å². The first-order chi connectivity index (χ1) is 17.7. The second kappa shape index (κ2) is 12.3. The molecule has 0 aromatic heterocycles. The van der Waals surface area contributed by atoms with Crippen LogP contribution < -0.4 is 5.32 Å². The smallest absolute Gasteiger partial charge is 0.407 e. The summed E-state index contributed by atoms with van der Waals surface area (Å²) in [6.07, 6.45) is 0.845. The van der Waals surface area contributed by atoms with Gasteiger partial charge >= 0.3 is 6.09 Å². The molecule has 0 spiro atoms. The van der Waals surface area contributed by atoms with Gasteiger partial charge in [-0.2, -0.15) is 0 Å². The summed E-state index contributed by atoms with van der Waals surface area (Å²) in [7, 11) is 0. The molecule has 1 saturated heterocycles. The van der Waals surface area contributed by atoms with Crippen molar-refractivity contribution >= 4 is 29.3 Å². The van der Waals surface area contributed by atoms with Gasteiger partial charge in [0.25, 0.3) is 0 Å². The van der Waals surface area contributed by atoms with Crippen LogP contribution in [0.4, 0.5) is 4.79 Å². The van der Waals surface area contributed by atoms with Crippen LogP contribution in [0.5, 0.6) is 0 Å². The molecule has 0 saturated carbocycles. The molecule has 0 bridgehead atoms. The molecular formula is C30H33Cl2NO4. The largest absolute Gasteiger partial charge is 0.445 e. The molecule has 5 nitrogen and oxygen atoms in total. The van der Waals surface area contributed by atoms with E-state index in [4.69, 9.17) is 37.4 Å². The highest BCUT2D eigenvalue weighted by atomic mass is 35.5. The van der Waals surface area contributed by atoms with Gasteiger partial charge in [0.05, 0.1) is 12.2 Å². The molecular weight excluding hydrogens is 509 g/mol. The summed E-state index contributed by atoms with van der Waals surface area (Å²) >= 11 is 12.4. The van der Waals surface area contributed by atoms with Crippen molar-refractivity contribution in [3.05, 3.63) is 94.0 Å². The number of amides is 1. The Bertz CT molecular complexity index is 1160. The minimum Gasteiger partial charge on any atom is -0.445 e. The summed E-state index contributed by atoms with van der Waals surface area (Å²) in [6, 6.07) is 23.4. The highest BCUT2D eigenvalue weighted by Crippen LogP contribution is 2.35. The summed E-state index contributed by atoms with van der Waals surface area (Å²) in [5, 5.41) is 4.15. The summed E-state index contributed by atoms with van der Waals surface area (Å²) in [4.78, 5) is 12.5. The van der Waals surface area contributed by atoms with E-state index in [1.807, 2.05) is 56.3 Å². The Morgan fingerprint density at radius 2 is 1.62 bits per heavy atom. The van der Waals surface area contributed by atoms with Gasteiger partial charge in [-0.1, -0.05) is 84.7 Å². The van der Waals surface area contributed by atoms with Crippen LogP contribution in [-0.4, -0.2) is 30.6 Å². The Morgan fingerprint density at radius 3 is 2.27 bits per heavy atom. The molecule has 7 heteroatoms. The van der Waals surface area contributed by atoms with E-state index in [0.717, 1.165) is 28.7 Å². The SMILES string of the molecule is CC[C@H]1OC(C)(C)O[C@H]1[C@H](CNC(=O)OCc1ccccc1)Cc1ccc(-c2cc(Cl)cc(Cl)c2)cc1. The molecule has 4 rings (SSSR count). The van der Waals surface area contributed by atoms with Crippen LogP contribution in [0.3, 0.4) is 0 Å². The lowest BCUT2D eigenvalue weighted by Gasteiger charge is -2.27. The number of hydrogen-bond acceptors (Lipinski definition) is 4. The van der Waals surface area contributed by atoms with Crippen LogP contribution >= 0.6 is 23.2 Å². The van der Waals surface area contributed by atoms with Crippen molar-refractivity contribution in [1.29, 1.82) is 0 Å². The number of carbonyl (C=O) groups is 1. The standard InChI is InChI=1S/C30H33Cl2NO4/c1-4-27-28(37-30(2,3)36-27)24(18-33-29(34)35-19-21-8-6-5-7-9-21)14-20-10-12-22(13-11-20)23-15-25(31)17-26(32)16-23/h5-13,15-17,24,27-28H,4,14,18-19H2,1-3H3,(H,33,34)/t24-,27+,28-/m0/s1. The molecule has 0 aliphatic carbocycles. The predicted octanol–water partition coefficient (Wildman–Crippen LogP) is 7.68. The summed E-state index contributed by atoms with van der Waals surface area (Å²) < 4.78 is 17.9. The lowest BCUT2D eigenvalue weighted by atomic mass is 9.89.